The van der Waals surface area contributed by atoms with E-state index in [4.69, 9.17) is 4.99 Å². The maximum atomic E-state index is 13.5. The lowest BCUT2D eigenvalue weighted by Gasteiger charge is -2.23. The Hall–Kier alpha value is -4.16. The molecule has 7 rings (SSSR count). The fourth-order valence-corrected chi connectivity index (χ4v) is 9.82. The minimum atomic E-state index is -3.58. The molecule has 4 atom stereocenters. The number of carbonyl (C=O) groups excluding carboxylic acids is 2. The van der Waals surface area contributed by atoms with E-state index in [1.54, 1.807) is 18.0 Å². The Morgan fingerprint density at radius 3 is 2.40 bits per heavy atom. The maximum absolute atomic E-state index is 13.5. The molecule has 1 aliphatic heterocycles. The van der Waals surface area contributed by atoms with Gasteiger partial charge in [0.1, 0.15) is 4.21 Å². The van der Waals surface area contributed by atoms with Crippen LogP contribution in [0, 0.1) is 18.8 Å². The maximum Gasteiger partial charge on any atom is 0.266 e. The van der Waals surface area contributed by atoms with E-state index in [1.807, 2.05) is 85.8 Å². The van der Waals surface area contributed by atoms with Gasteiger partial charge in [-0.2, -0.15) is 0 Å². The number of carbonyl (C=O) groups is 2. The molecule has 0 radical (unpaired) electrons. The topological polar surface area (TPSA) is 120 Å². The average molecular weight is 668 g/mol. The fourth-order valence-electron chi connectivity index (χ4n) is 7.15. The molecule has 1 saturated carbocycles. The average Bonchev–Trinajstić information content (AvgIpc) is 3.60. The van der Waals surface area contributed by atoms with Crippen LogP contribution in [-0.4, -0.2) is 51.7 Å². The van der Waals surface area contributed by atoms with Crippen LogP contribution >= 0.6 is 11.3 Å². The molecule has 3 aromatic carbocycles. The van der Waals surface area contributed by atoms with Gasteiger partial charge in [0.25, 0.3) is 5.91 Å². The molecule has 2 bridgehead atoms. The lowest BCUT2D eigenvalue weighted by atomic mass is 9.93. The quantitative estimate of drug-likeness (QED) is 0.247. The number of aliphatic imine (C=N–C) groups is 1. The molecule has 2 heterocycles. The van der Waals surface area contributed by atoms with Crippen molar-refractivity contribution in [2.24, 2.45) is 16.8 Å². The van der Waals surface area contributed by atoms with Crippen LogP contribution in [-0.2, 0) is 32.5 Å². The molecule has 11 heteroatoms. The number of para-hydroxylation sites is 1. The molecule has 4 aromatic rings. The molecule has 2 aliphatic carbocycles. The zero-order valence-corrected chi connectivity index (χ0v) is 27.9. The number of nitrogens with zero attached hydrogens (tertiary/aromatic N) is 2. The predicted octanol–water partition coefficient (Wildman–Crippen LogP) is 4.90. The van der Waals surface area contributed by atoms with E-state index >= 15 is 0 Å². The Labute approximate surface area is 279 Å². The van der Waals surface area contributed by atoms with Crippen LogP contribution in [0.25, 0.3) is 0 Å². The second-order valence-corrected chi connectivity index (χ2v) is 15.8. The first kappa shape index (κ1) is 31.4. The van der Waals surface area contributed by atoms with Crippen molar-refractivity contribution in [1.82, 2.24) is 10.0 Å². The summed E-state index contributed by atoms with van der Waals surface area (Å²) >= 11 is 1.29. The first-order valence-electron chi connectivity index (χ1n) is 15.9. The number of amides is 2. The van der Waals surface area contributed by atoms with Crippen LogP contribution in [0.3, 0.4) is 0 Å². The molecule has 3 aliphatic rings. The van der Waals surface area contributed by atoms with Crippen molar-refractivity contribution in [3.63, 3.8) is 0 Å². The standard InChI is InChI=1S/C36H37N5O4S2/c1-22-12-17-32(46-22)47(44,45)40-33-25-13-14-26(33)19-27-20-28(16-15-24(27)18-25)38-31(42)21-37-35-36(43)41(2)30-11-7-6-10-29(30)34(39-35)23-8-4-3-5-9-23/h3-12,15-17,20,25-26,33,35,37,40H,13-14,18-19,21H2,1-2H3,(H,38,42)/t25?,26?,33?,35-/m0/s1. The first-order chi connectivity index (χ1) is 22.7. The van der Waals surface area contributed by atoms with Gasteiger partial charge in [0.2, 0.25) is 15.9 Å². The molecule has 1 fully saturated rings. The van der Waals surface area contributed by atoms with Gasteiger partial charge in [0, 0.05) is 34.8 Å². The number of sulfonamides is 1. The summed E-state index contributed by atoms with van der Waals surface area (Å²) in [6.07, 6.45) is 2.53. The molecule has 1 aromatic heterocycles. The Bertz CT molecular complexity index is 1970. The third-order valence-electron chi connectivity index (χ3n) is 9.50. The van der Waals surface area contributed by atoms with Crippen molar-refractivity contribution < 1.29 is 18.0 Å². The van der Waals surface area contributed by atoms with E-state index in [2.05, 4.69) is 15.4 Å². The second kappa shape index (κ2) is 12.8. The summed E-state index contributed by atoms with van der Waals surface area (Å²) < 4.78 is 29.8. The summed E-state index contributed by atoms with van der Waals surface area (Å²) in [5.74, 6) is -0.130. The van der Waals surface area contributed by atoms with Gasteiger partial charge in [-0.05, 0) is 85.9 Å². The molecule has 47 heavy (non-hydrogen) atoms. The van der Waals surface area contributed by atoms with E-state index < -0.39 is 16.2 Å². The number of thiophene rings is 1. The number of hydrogen-bond acceptors (Lipinski definition) is 7. The van der Waals surface area contributed by atoms with Crippen LogP contribution < -0.4 is 20.3 Å². The highest BCUT2D eigenvalue weighted by Gasteiger charge is 2.41. The molecule has 242 valence electrons. The molecule has 0 saturated heterocycles. The van der Waals surface area contributed by atoms with Gasteiger partial charge in [-0.1, -0.05) is 54.6 Å². The Kier molecular flexibility index (Phi) is 8.56. The Morgan fingerprint density at radius 2 is 1.66 bits per heavy atom. The number of fused-ring (bicyclic) bond motifs is 4. The van der Waals surface area contributed by atoms with Gasteiger partial charge in [0.15, 0.2) is 6.17 Å². The predicted molar refractivity (Wildman–Crippen MR) is 186 cm³/mol. The highest BCUT2D eigenvalue weighted by atomic mass is 32.2. The number of rotatable bonds is 8. The molecule has 2 amide bonds. The second-order valence-electron chi connectivity index (χ2n) is 12.6. The van der Waals surface area contributed by atoms with Crippen molar-refractivity contribution in [3.8, 4) is 0 Å². The van der Waals surface area contributed by atoms with E-state index in [0.29, 0.717) is 15.6 Å². The highest BCUT2D eigenvalue weighted by molar-refractivity contribution is 7.91. The highest BCUT2D eigenvalue weighted by Crippen LogP contribution is 2.41. The Morgan fingerprint density at radius 1 is 0.936 bits per heavy atom. The zero-order chi connectivity index (χ0) is 32.7. The van der Waals surface area contributed by atoms with E-state index in [9.17, 15) is 18.0 Å². The first-order valence-corrected chi connectivity index (χ1v) is 18.2. The fraction of sp³-hybridized carbons (Fsp3) is 0.306. The molecule has 3 unspecified atom stereocenters. The number of anilines is 2. The minimum absolute atomic E-state index is 0.111. The van der Waals surface area contributed by atoms with Gasteiger partial charge >= 0.3 is 0 Å². The lowest BCUT2D eigenvalue weighted by molar-refractivity contribution is -0.120. The van der Waals surface area contributed by atoms with Gasteiger partial charge in [0.05, 0.1) is 17.9 Å². The number of likely N-dealkylation sites (N-methyl/N-ethyl adjacent to an activating group) is 1. The Balaban J connectivity index is 1.04. The van der Waals surface area contributed by atoms with Gasteiger partial charge in [-0.25, -0.2) is 13.1 Å². The third-order valence-corrected chi connectivity index (χ3v) is 12.4. The number of aryl methyl sites for hydroxylation is 1. The number of benzodiazepines with no additional fused rings is 1. The molecular formula is C36H37N5O4S2. The normalized spacial score (nSPS) is 22.1. The van der Waals surface area contributed by atoms with Crippen molar-refractivity contribution in [3.05, 3.63) is 112 Å². The molecule has 3 N–H and O–H groups in total. The van der Waals surface area contributed by atoms with E-state index in [1.165, 1.54) is 16.9 Å². The third kappa shape index (κ3) is 6.40. The zero-order valence-electron chi connectivity index (χ0n) is 26.3. The van der Waals surface area contributed by atoms with Gasteiger partial charge in [-0.3, -0.25) is 19.9 Å². The number of benzene rings is 3. The smallest absolute Gasteiger partial charge is 0.266 e. The molecular weight excluding hydrogens is 631 g/mol. The van der Waals surface area contributed by atoms with Crippen LogP contribution in [0.4, 0.5) is 11.4 Å². The lowest BCUT2D eigenvalue weighted by Crippen LogP contribution is -2.46. The summed E-state index contributed by atoms with van der Waals surface area (Å²) in [4.78, 5) is 34.1. The van der Waals surface area contributed by atoms with E-state index in [0.717, 1.165) is 52.9 Å². The number of nitrogens with one attached hydrogen (secondary N) is 3. The van der Waals surface area contributed by atoms with E-state index in [-0.39, 0.29) is 36.2 Å². The summed E-state index contributed by atoms with van der Waals surface area (Å²) in [5.41, 5.74) is 6.17. The van der Waals surface area contributed by atoms with Crippen molar-refractivity contribution in [2.75, 3.05) is 23.8 Å². The van der Waals surface area contributed by atoms with Crippen molar-refractivity contribution in [1.29, 1.82) is 0 Å². The summed E-state index contributed by atoms with van der Waals surface area (Å²) in [6.45, 7) is 1.80. The molecule has 9 nitrogen and oxygen atoms in total. The van der Waals surface area contributed by atoms with Crippen molar-refractivity contribution >= 4 is 50.3 Å². The van der Waals surface area contributed by atoms with Gasteiger partial charge < -0.3 is 10.2 Å². The SMILES string of the molecule is Cc1ccc(S(=O)(=O)NC2C3CCC2Cc2cc(NC(=O)CN[C@H]4N=C(c5ccccc5)c5ccccc5N(C)C4=O)ccc2C3)s1. The van der Waals surface area contributed by atoms with Gasteiger partial charge in [-0.15, -0.1) is 11.3 Å². The van der Waals surface area contributed by atoms with Crippen molar-refractivity contribution in [2.45, 2.75) is 49.0 Å². The summed E-state index contributed by atoms with van der Waals surface area (Å²) in [5, 5.41) is 6.06. The molecule has 0 spiro atoms. The minimum Gasteiger partial charge on any atom is -0.325 e. The van der Waals surface area contributed by atoms with Crippen LogP contribution in [0.2, 0.25) is 0 Å². The number of hydrogen-bond donors (Lipinski definition) is 3. The summed E-state index contributed by atoms with van der Waals surface area (Å²) in [6, 6.07) is 26.7. The van der Waals surface area contributed by atoms with Crippen LogP contribution in [0.1, 0.15) is 40.0 Å². The largest absolute Gasteiger partial charge is 0.325 e. The van der Waals surface area contributed by atoms with Crippen LogP contribution in [0.5, 0.6) is 0 Å². The van der Waals surface area contributed by atoms with Crippen LogP contribution in [0.15, 0.2) is 94.1 Å². The monoisotopic (exact) mass is 667 g/mol. The summed E-state index contributed by atoms with van der Waals surface area (Å²) in [7, 11) is -1.86.